The summed E-state index contributed by atoms with van der Waals surface area (Å²) in [5.41, 5.74) is -0.500. The van der Waals surface area contributed by atoms with E-state index in [9.17, 15) is 18.4 Å². The Bertz CT molecular complexity index is 877. The lowest BCUT2D eigenvalue weighted by atomic mass is 9.89. The van der Waals surface area contributed by atoms with Crippen molar-refractivity contribution in [3.8, 4) is 0 Å². The Morgan fingerprint density at radius 1 is 0.964 bits per heavy atom. The zero-order valence-corrected chi connectivity index (χ0v) is 15.9. The third-order valence-corrected chi connectivity index (χ3v) is 4.94. The Morgan fingerprint density at radius 3 is 2.29 bits per heavy atom. The van der Waals surface area contributed by atoms with Crippen molar-refractivity contribution in [2.24, 2.45) is 5.41 Å². The Labute approximate surface area is 162 Å². The number of hydrogen-bond donors (Lipinski definition) is 1. The number of carbonyl (C=O) groups is 2. The molecule has 2 amide bonds. The standard InChI is InChI=1S/C21H23F2N3O2/c1-21(2,19(27)24-16-7-5-6-15(22)14-16)20(28)26-12-10-25(11-13-26)18-9-4-3-8-17(18)23/h3-9,14H,10-13H2,1-2H3,(H,24,27). The van der Waals surface area contributed by atoms with Gasteiger partial charge in [0, 0.05) is 31.9 Å². The second kappa shape index (κ2) is 7.96. The topological polar surface area (TPSA) is 52.7 Å². The van der Waals surface area contributed by atoms with Crippen LogP contribution in [0.1, 0.15) is 13.8 Å². The van der Waals surface area contributed by atoms with Crippen LogP contribution in [0.2, 0.25) is 0 Å². The normalized spacial score (nSPS) is 14.7. The molecule has 0 saturated carbocycles. The van der Waals surface area contributed by atoms with E-state index in [4.69, 9.17) is 0 Å². The molecule has 1 N–H and O–H groups in total. The number of carbonyl (C=O) groups excluding carboxylic acids is 2. The summed E-state index contributed by atoms with van der Waals surface area (Å²) >= 11 is 0. The maximum atomic E-state index is 14.0. The lowest BCUT2D eigenvalue weighted by molar-refractivity contribution is -0.146. The Balaban J connectivity index is 1.63. The van der Waals surface area contributed by atoms with E-state index in [-0.39, 0.29) is 11.7 Å². The number of halogens is 2. The summed E-state index contributed by atoms with van der Waals surface area (Å²) in [4.78, 5) is 29.0. The average molecular weight is 387 g/mol. The van der Waals surface area contributed by atoms with Crippen LogP contribution in [0.5, 0.6) is 0 Å². The second-order valence-electron chi connectivity index (χ2n) is 7.32. The molecule has 1 fully saturated rings. The molecule has 0 radical (unpaired) electrons. The van der Waals surface area contributed by atoms with Crippen LogP contribution in [0.15, 0.2) is 48.5 Å². The van der Waals surface area contributed by atoms with Crippen molar-refractivity contribution in [1.82, 2.24) is 4.90 Å². The molecule has 2 aromatic rings. The predicted molar refractivity (Wildman–Crippen MR) is 104 cm³/mol. The van der Waals surface area contributed by atoms with Gasteiger partial charge in [0.05, 0.1) is 5.69 Å². The molecule has 0 spiro atoms. The van der Waals surface area contributed by atoms with Gasteiger partial charge in [-0.2, -0.15) is 0 Å². The van der Waals surface area contributed by atoms with Gasteiger partial charge in [0.15, 0.2) is 0 Å². The zero-order chi connectivity index (χ0) is 20.3. The fourth-order valence-corrected chi connectivity index (χ4v) is 3.20. The Morgan fingerprint density at radius 2 is 1.64 bits per heavy atom. The van der Waals surface area contributed by atoms with Crippen LogP contribution in [0, 0.1) is 17.0 Å². The molecule has 28 heavy (non-hydrogen) atoms. The smallest absolute Gasteiger partial charge is 0.239 e. The molecule has 2 aromatic carbocycles. The van der Waals surface area contributed by atoms with E-state index in [0.717, 1.165) is 0 Å². The van der Waals surface area contributed by atoms with Gasteiger partial charge in [0.2, 0.25) is 11.8 Å². The first-order chi connectivity index (χ1) is 13.3. The van der Waals surface area contributed by atoms with Gasteiger partial charge in [-0.05, 0) is 44.2 Å². The lowest BCUT2D eigenvalue weighted by Crippen LogP contribution is -2.54. The van der Waals surface area contributed by atoms with Gasteiger partial charge < -0.3 is 15.1 Å². The van der Waals surface area contributed by atoms with Crippen molar-refractivity contribution in [1.29, 1.82) is 0 Å². The van der Waals surface area contributed by atoms with Crippen molar-refractivity contribution in [3.63, 3.8) is 0 Å². The minimum absolute atomic E-state index is 0.294. The van der Waals surface area contributed by atoms with Gasteiger partial charge in [-0.15, -0.1) is 0 Å². The van der Waals surface area contributed by atoms with Gasteiger partial charge in [0.1, 0.15) is 17.0 Å². The number of nitrogens with one attached hydrogen (secondary N) is 1. The average Bonchev–Trinajstić information content (AvgIpc) is 2.68. The lowest BCUT2D eigenvalue weighted by Gasteiger charge is -2.39. The van der Waals surface area contributed by atoms with Gasteiger partial charge in [-0.1, -0.05) is 18.2 Å². The number of nitrogens with zero attached hydrogens (tertiary/aromatic N) is 2. The number of piperazine rings is 1. The van der Waals surface area contributed by atoms with Gasteiger partial charge >= 0.3 is 0 Å². The molecule has 1 heterocycles. The van der Waals surface area contributed by atoms with Crippen LogP contribution in [0.25, 0.3) is 0 Å². The van der Waals surface area contributed by atoms with E-state index in [1.807, 2.05) is 4.90 Å². The van der Waals surface area contributed by atoms with Crippen LogP contribution in [0.3, 0.4) is 0 Å². The first-order valence-electron chi connectivity index (χ1n) is 9.15. The summed E-state index contributed by atoms with van der Waals surface area (Å²) in [6.45, 7) is 4.84. The quantitative estimate of drug-likeness (QED) is 0.820. The molecule has 1 aliphatic heterocycles. The van der Waals surface area contributed by atoms with Crippen LogP contribution in [-0.4, -0.2) is 42.9 Å². The molecule has 7 heteroatoms. The molecule has 3 rings (SSSR count). The van der Waals surface area contributed by atoms with E-state index in [2.05, 4.69) is 5.32 Å². The predicted octanol–water partition coefficient (Wildman–Crippen LogP) is 3.28. The third kappa shape index (κ3) is 4.13. The molecular formula is C21H23F2N3O2. The highest BCUT2D eigenvalue weighted by atomic mass is 19.1. The van der Waals surface area contributed by atoms with E-state index >= 15 is 0 Å². The first-order valence-corrected chi connectivity index (χ1v) is 9.15. The molecule has 0 aliphatic carbocycles. The van der Waals surface area contributed by atoms with Crippen LogP contribution >= 0.6 is 0 Å². The summed E-state index contributed by atoms with van der Waals surface area (Å²) in [7, 11) is 0. The van der Waals surface area contributed by atoms with Crippen molar-refractivity contribution in [2.75, 3.05) is 36.4 Å². The van der Waals surface area contributed by atoms with Crippen molar-refractivity contribution < 1.29 is 18.4 Å². The largest absolute Gasteiger partial charge is 0.366 e. The summed E-state index contributed by atoms with van der Waals surface area (Å²) in [6, 6.07) is 12.1. The van der Waals surface area contributed by atoms with Gasteiger partial charge in [-0.3, -0.25) is 9.59 Å². The Hall–Kier alpha value is -2.96. The van der Waals surface area contributed by atoms with Crippen molar-refractivity contribution >= 4 is 23.2 Å². The maximum absolute atomic E-state index is 14.0. The van der Waals surface area contributed by atoms with Crippen molar-refractivity contribution in [3.05, 3.63) is 60.2 Å². The number of rotatable bonds is 4. The summed E-state index contributed by atoms with van der Waals surface area (Å²) in [5, 5.41) is 2.60. The number of benzene rings is 2. The number of anilines is 2. The molecule has 0 unspecified atom stereocenters. The maximum Gasteiger partial charge on any atom is 0.239 e. The molecule has 0 bridgehead atoms. The van der Waals surface area contributed by atoms with E-state index in [1.165, 1.54) is 24.3 Å². The number of hydrogen-bond acceptors (Lipinski definition) is 3. The molecule has 1 aliphatic rings. The number of amides is 2. The SMILES string of the molecule is CC(C)(C(=O)Nc1cccc(F)c1)C(=O)N1CCN(c2ccccc2F)CC1. The zero-order valence-electron chi connectivity index (χ0n) is 15.9. The minimum Gasteiger partial charge on any atom is -0.366 e. The van der Waals surface area contributed by atoms with Gasteiger partial charge in [0.25, 0.3) is 0 Å². The monoisotopic (exact) mass is 387 g/mol. The summed E-state index contributed by atoms with van der Waals surface area (Å²) < 4.78 is 27.3. The van der Waals surface area contributed by atoms with Gasteiger partial charge in [-0.25, -0.2) is 8.78 Å². The summed E-state index contributed by atoms with van der Waals surface area (Å²) in [6.07, 6.45) is 0. The first kappa shape index (κ1) is 19.8. The van der Waals surface area contributed by atoms with Crippen LogP contribution < -0.4 is 10.2 Å². The van der Waals surface area contributed by atoms with Crippen LogP contribution in [-0.2, 0) is 9.59 Å². The van der Waals surface area contributed by atoms with E-state index in [1.54, 1.807) is 43.0 Å². The third-order valence-electron chi connectivity index (χ3n) is 4.94. The highest BCUT2D eigenvalue weighted by molar-refractivity contribution is 6.09. The molecular weight excluding hydrogens is 364 g/mol. The molecule has 0 aromatic heterocycles. The second-order valence-corrected chi connectivity index (χ2v) is 7.32. The summed E-state index contributed by atoms with van der Waals surface area (Å²) in [5.74, 6) is -1.57. The highest BCUT2D eigenvalue weighted by Crippen LogP contribution is 2.25. The minimum atomic E-state index is -1.31. The van der Waals surface area contributed by atoms with E-state index < -0.39 is 17.1 Å². The van der Waals surface area contributed by atoms with E-state index in [0.29, 0.717) is 37.6 Å². The molecule has 0 atom stereocenters. The van der Waals surface area contributed by atoms with Crippen molar-refractivity contribution in [2.45, 2.75) is 13.8 Å². The fraction of sp³-hybridized carbons (Fsp3) is 0.333. The molecule has 1 saturated heterocycles. The number of para-hydroxylation sites is 1. The highest BCUT2D eigenvalue weighted by Gasteiger charge is 2.40. The fourth-order valence-electron chi connectivity index (χ4n) is 3.20. The molecule has 5 nitrogen and oxygen atoms in total. The molecule has 148 valence electrons. The van der Waals surface area contributed by atoms with Crippen LogP contribution in [0.4, 0.5) is 20.2 Å². The Kier molecular flexibility index (Phi) is 5.63.